The van der Waals surface area contributed by atoms with Crippen molar-refractivity contribution in [2.45, 2.75) is 33.1 Å². The fraction of sp³-hybridized carbons (Fsp3) is 0.0877. The van der Waals surface area contributed by atoms with Crippen LogP contribution in [0.1, 0.15) is 31.9 Å². The van der Waals surface area contributed by atoms with Crippen LogP contribution in [0.15, 0.2) is 188 Å². The first-order valence-corrected chi connectivity index (χ1v) is 22.1. The summed E-state index contributed by atoms with van der Waals surface area (Å²) in [5, 5.41) is 9.03. The minimum atomic E-state index is 0.0762. The molecule has 4 heteroatoms. The average molecular weight is 801 g/mol. The summed E-state index contributed by atoms with van der Waals surface area (Å²) in [6, 6.07) is 69.7. The van der Waals surface area contributed by atoms with E-state index in [-0.39, 0.29) is 5.41 Å². The lowest BCUT2D eigenvalue weighted by Crippen LogP contribution is -2.41. The van der Waals surface area contributed by atoms with Crippen molar-refractivity contribution in [2.24, 2.45) is 0 Å². The van der Waals surface area contributed by atoms with E-state index in [2.05, 4.69) is 226 Å². The predicted molar refractivity (Wildman–Crippen MR) is 267 cm³/mol. The minimum absolute atomic E-state index is 0.0762. The first kappa shape index (κ1) is 37.1. The van der Waals surface area contributed by atoms with Gasteiger partial charge in [0, 0.05) is 48.8 Å². The van der Waals surface area contributed by atoms with Crippen molar-refractivity contribution in [3.63, 3.8) is 0 Å². The Labute approximate surface area is 363 Å². The fourth-order valence-corrected chi connectivity index (χ4v) is 10.5. The van der Waals surface area contributed by atoms with Gasteiger partial charge in [-0.05, 0) is 128 Å². The number of fused-ring (bicyclic) bond motifs is 6. The lowest BCUT2D eigenvalue weighted by molar-refractivity contribution is 0.590. The van der Waals surface area contributed by atoms with Gasteiger partial charge in [0.1, 0.15) is 0 Å². The van der Waals surface area contributed by atoms with Crippen LogP contribution in [0.4, 0.5) is 28.4 Å². The lowest BCUT2D eigenvalue weighted by Gasteiger charge is -2.36. The van der Waals surface area contributed by atoms with Gasteiger partial charge < -0.3 is 10.2 Å². The molecule has 0 saturated heterocycles. The van der Waals surface area contributed by atoms with Crippen LogP contribution >= 0.6 is 11.3 Å². The maximum atomic E-state index is 3.93. The standard InChI is InChI=1S/C57H45BN2S/c1-36-31-40(37-15-7-5-8-16-37)24-30-50(36)60-51-35-54-46(45-21-13-14-22-53(45)61-54)34-48(51)58-56-47(32-41(33-52(56)60)38-17-9-6-10-18-38)55-44-20-12-11-19-39(44)23-29-49(55)59-43-27-25-42(26-28-43)57(2,3)4/h5-35,58-59H,1-4H3. The Hall–Kier alpha value is -6.88. The van der Waals surface area contributed by atoms with Crippen LogP contribution in [-0.4, -0.2) is 7.28 Å². The molecule has 1 aromatic heterocycles. The van der Waals surface area contributed by atoms with E-state index >= 15 is 0 Å². The molecule has 0 aliphatic carbocycles. The molecule has 2 heterocycles. The summed E-state index contributed by atoms with van der Waals surface area (Å²) in [6.07, 6.45) is 0. The Morgan fingerprint density at radius 2 is 1.20 bits per heavy atom. The number of benzene rings is 9. The van der Waals surface area contributed by atoms with E-state index in [4.69, 9.17) is 0 Å². The summed E-state index contributed by atoms with van der Waals surface area (Å²) in [7, 11) is 0.801. The SMILES string of the molecule is Cc1cc(-c2ccccc2)ccc1N1c2cc3sc4ccccc4c3cc2Bc2c(-c3c(Nc4ccc(C(C)(C)C)cc4)ccc4ccccc34)cc(-c3ccccc3)cc21. The van der Waals surface area contributed by atoms with E-state index in [0.29, 0.717) is 0 Å². The van der Waals surface area contributed by atoms with Crippen LogP contribution < -0.4 is 21.1 Å². The van der Waals surface area contributed by atoms with Crippen molar-refractivity contribution in [3.8, 4) is 33.4 Å². The Kier molecular flexibility index (Phi) is 8.95. The van der Waals surface area contributed by atoms with Gasteiger partial charge >= 0.3 is 0 Å². The third kappa shape index (κ3) is 6.59. The smallest absolute Gasteiger partial charge is 0.198 e. The highest BCUT2D eigenvalue weighted by atomic mass is 32.1. The highest BCUT2D eigenvalue weighted by molar-refractivity contribution is 7.25. The molecular weight excluding hydrogens is 756 g/mol. The Balaban J connectivity index is 1.20. The lowest BCUT2D eigenvalue weighted by atomic mass is 9.57. The number of nitrogens with zero attached hydrogens (tertiary/aromatic N) is 1. The summed E-state index contributed by atoms with van der Waals surface area (Å²) < 4.78 is 2.63. The average Bonchev–Trinajstić information content (AvgIpc) is 3.65. The molecule has 0 radical (unpaired) electrons. The second kappa shape index (κ2) is 14.7. The molecule has 1 aliphatic rings. The molecule has 11 rings (SSSR count). The van der Waals surface area contributed by atoms with Gasteiger partial charge in [-0.15, -0.1) is 11.3 Å². The van der Waals surface area contributed by atoms with Gasteiger partial charge in [0.2, 0.25) is 0 Å². The van der Waals surface area contributed by atoms with Crippen molar-refractivity contribution >= 4 is 88.9 Å². The van der Waals surface area contributed by atoms with Gasteiger partial charge in [-0.25, -0.2) is 0 Å². The number of rotatable bonds is 6. The zero-order chi connectivity index (χ0) is 41.2. The van der Waals surface area contributed by atoms with Crippen molar-refractivity contribution in [1.29, 1.82) is 0 Å². The maximum absolute atomic E-state index is 3.93. The number of nitrogens with one attached hydrogen (secondary N) is 1. The number of thiophene rings is 1. The number of hydrogen-bond acceptors (Lipinski definition) is 3. The van der Waals surface area contributed by atoms with Crippen LogP contribution in [0.5, 0.6) is 0 Å². The summed E-state index contributed by atoms with van der Waals surface area (Å²) in [5.74, 6) is 0. The largest absolute Gasteiger partial charge is 0.355 e. The van der Waals surface area contributed by atoms with Crippen LogP contribution in [0.25, 0.3) is 64.3 Å². The quantitative estimate of drug-likeness (QED) is 0.169. The molecule has 292 valence electrons. The summed E-state index contributed by atoms with van der Waals surface area (Å²) in [6.45, 7) is 9.08. The van der Waals surface area contributed by atoms with E-state index in [1.807, 2.05) is 11.3 Å². The van der Waals surface area contributed by atoms with Crippen molar-refractivity contribution in [2.75, 3.05) is 10.2 Å². The molecule has 0 unspecified atom stereocenters. The molecule has 1 aliphatic heterocycles. The highest BCUT2D eigenvalue weighted by Gasteiger charge is 2.31. The number of hydrogen-bond donors (Lipinski definition) is 1. The van der Waals surface area contributed by atoms with Gasteiger partial charge in [0.15, 0.2) is 7.28 Å². The molecule has 0 amide bonds. The van der Waals surface area contributed by atoms with Crippen molar-refractivity contribution in [3.05, 3.63) is 199 Å². The Bertz CT molecular complexity index is 3290. The number of aryl methyl sites for hydroxylation is 1. The molecule has 0 fully saturated rings. The van der Waals surface area contributed by atoms with Crippen LogP contribution in [0.3, 0.4) is 0 Å². The van der Waals surface area contributed by atoms with Gasteiger partial charge in [-0.1, -0.05) is 160 Å². The van der Waals surface area contributed by atoms with E-state index in [1.54, 1.807) is 0 Å². The summed E-state index contributed by atoms with van der Waals surface area (Å²) >= 11 is 1.89. The zero-order valence-electron chi connectivity index (χ0n) is 35.0. The second-order valence-electron chi connectivity index (χ2n) is 17.5. The molecule has 0 spiro atoms. The van der Waals surface area contributed by atoms with Crippen molar-refractivity contribution in [1.82, 2.24) is 0 Å². The topological polar surface area (TPSA) is 15.3 Å². The molecule has 9 aromatic carbocycles. The van der Waals surface area contributed by atoms with E-state index < -0.39 is 0 Å². The van der Waals surface area contributed by atoms with Crippen LogP contribution in [-0.2, 0) is 5.41 Å². The van der Waals surface area contributed by atoms with Gasteiger partial charge in [-0.2, -0.15) is 0 Å². The molecule has 61 heavy (non-hydrogen) atoms. The molecule has 0 bridgehead atoms. The molecule has 0 atom stereocenters. The molecular formula is C57H45BN2S. The third-order valence-corrected chi connectivity index (χ3v) is 13.7. The van der Waals surface area contributed by atoms with Gasteiger partial charge in [0.05, 0.1) is 0 Å². The third-order valence-electron chi connectivity index (χ3n) is 12.5. The normalized spacial score (nSPS) is 12.4. The first-order chi connectivity index (χ1) is 29.8. The van der Waals surface area contributed by atoms with Crippen LogP contribution in [0, 0.1) is 6.92 Å². The van der Waals surface area contributed by atoms with Crippen LogP contribution in [0.2, 0.25) is 0 Å². The van der Waals surface area contributed by atoms with Gasteiger partial charge in [0.25, 0.3) is 0 Å². The van der Waals surface area contributed by atoms with Crippen molar-refractivity contribution < 1.29 is 0 Å². The predicted octanol–water partition coefficient (Wildman–Crippen LogP) is 14.7. The molecule has 1 N–H and O–H groups in total. The highest BCUT2D eigenvalue weighted by Crippen LogP contribution is 2.46. The van der Waals surface area contributed by atoms with Gasteiger partial charge in [-0.3, -0.25) is 0 Å². The molecule has 0 saturated carbocycles. The fourth-order valence-electron chi connectivity index (χ4n) is 9.39. The number of anilines is 5. The van der Waals surface area contributed by atoms with E-state index in [0.717, 1.165) is 18.7 Å². The zero-order valence-corrected chi connectivity index (χ0v) is 35.8. The Morgan fingerprint density at radius 1 is 0.508 bits per heavy atom. The second-order valence-corrected chi connectivity index (χ2v) is 18.6. The monoisotopic (exact) mass is 800 g/mol. The summed E-state index contributed by atoms with van der Waals surface area (Å²) in [5.41, 5.74) is 18.4. The molecule has 10 aromatic rings. The maximum Gasteiger partial charge on any atom is 0.198 e. The Morgan fingerprint density at radius 3 is 1.93 bits per heavy atom. The molecule has 2 nitrogen and oxygen atoms in total. The minimum Gasteiger partial charge on any atom is -0.355 e. The first-order valence-electron chi connectivity index (χ1n) is 21.3. The van der Waals surface area contributed by atoms with E-state index in [1.165, 1.54) is 103 Å². The van der Waals surface area contributed by atoms with E-state index in [9.17, 15) is 0 Å². The summed E-state index contributed by atoms with van der Waals surface area (Å²) in [4.78, 5) is 2.57.